The Morgan fingerprint density at radius 1 is 1.24 bits per heavy atom. The van der Waals surface area contributed by atoms with Gasteiger partial charge in [-0.05, 0) is 18.9 Å². The minimum atomic E-state index is 0.565. The molecule has 0 amide bonds. The summed E-state index contributed by atoms with van der Waals surface area (Å²) in [5.41, 5.74) is 0. The molecule has 1 N–H and O–H groups in total. The molecule has 0 aliphatic carbocycles. The average Bonchev–Trinajstić information content (AvgIpc) is 2.73. The van der Waals surface area contributed by atoms with E-state index in [0.29, 0.717) is 11.8 Å². The van der Waals surface area contributed by atoms with E-state index in [1.807, 2.05) is 0 Å². The third-order valence-corrected chi connectivity index (χ3v) is 3.91. The number of aromatic nitrogens is 2. The molecule has 4 heteroatoms. The molecule has 1 rings (SSSR count). The Morgan fingerprint density at radius 2 is 2.00 bits per heavy atom. The lowest BCUT2D eigenvalue weighted by atomic mass is 10.1. The summed E-state index contributed by atoms with van der Waals surface area (Å²) in [4.78, 5) is 0. The van der Waals surface area contributed by atoms with E-state index in [0.717, 1.165) is 19.5 Å². The van der Waals surface area contributed by atoms with Crippen molar-refractivity contribution in [3.63, 3.8) is 0 Å². The zero-order chi connectivity index (χ0) is 12.7. The fourth-order valence-electron chi connectivity index (χ4n) is 1.71. The van der Waals surface area contributed by atoms with Crippen LogP contribution in [0.5, 0.6) is 0 Å². The maximum atomic E-state index is 4.29. The summed E-state index contributed by atoms with van der Waals surface area (Å²) in [6, 6.07) is 0. The molecule has 1 aromatic heterocycles. The van der Waals surface area contributed by atoms with Crippen molar-refractivity contribution < 1.29 is 0 Å². The lowest BCUT2D eigenvalue weighted by molar-refractivity contribution is 0.553. The van der Waals surface area contributed by atoms with E-state index in [2.05, 4.69) is 43.2 Å². The first-order valence-electron chi connectivity index (χ1n) is 6.66. The summed E-state index contributed by atoms with van der Waals surface area (Å²) in [7, 11) is 0. The number of nitrogens with zero attached hydrogens (tertiary/aromatic N) is 2. The highest BCUT2D eigenvalue weighted by atomic mass is 32.1. The fourth-order valence-corrected chi connectivity index (χ4v) is 2.64. The van der Waals surface area contributed by atoms with Gasteiger partial charge in [-0.3, -0.25) is 0 Å². The largest absolute Gasteiger partial charge is 0.316 e. The maximum absolute atomic E-state index is 4.29. The van der Waals surface area contributed by atoms with Gasteiger partial charge >= 0.3 is 0 Å². The smallest absolute Gasteiger partial charge is 0.120 e. The van der Waals surface area contributed by atoms with Crippen LogP contribution in [0.15, 0.2) is 0 Å². The third-order valence-electron chi connectivity index (χ3n) is 2.69. The second kappa shape index (κ2) is 7.77. The third kappa shape index (κ3) is 5.59. The SMILES string of the molecule is CCCC(C)c1nnc(CCNCC(C)C)s1. The summed E-state index contributed by atoms with van der Waals surface area (Å²) in [6.45, 7) is 11.0. The minimum absolute atomic E-state index is 0.565. The monoisotopic (exact) mass is 255 g/mol. The summed E-state index contributed by atoms with van der Waals surface area (Å²) in [6.07, 6.45) is 3.43. The van der Waals surface area contributed by atoms with E-state index in [1.165, 1.54) is 22.9 Å². The molecule has 1 atom stereocenters. The molecule has 1 heterocycles. The first kappa shape index (κ1) is 14.6. The predicted octanol–water partition coefficient (Wildman–Crippen LogP) is 3.23. The van der Waals surface area contributed by atoms with Crippen molar-refractivity contribution in [2.75, 3.05) is 13.1 Å². The fraction of sp³-hybridized carbons (Fsp3) is 0.846. The van der Waals surface area contributed by atoms with Crippen LogP contribution in [0.25, 0.3) is 0 Å². The average molecular weight is 255 g/mol. The molecule has 0 bridgehead atoms. The van der Waals surface area contributed by atoms with Gasteiger partial charge in [-0.15, -0.1) is 21.5 Å². The van der Waals surface area contributed by atoms with Crippen molar-refractivity contribution in [2.45, 2.75) is 52.9 Å². The van der Waals surface area contributed by atoms with Gasteiger partial charge in [0.05, 0.1) is 0 Å². The summed E-state index contributed by atoms with van der Waals surface area (Å²) < 4.78 is 0. The molecule has 0 fully saturated rings. The molecule has 0 saturated heterocycles. The first-order valence-corrected chi connectivity index (χ1v) is 7.48. The van der Waals surface area contributed by atoms with Crippen LogP contribution >= 0.6 is 11.3 Å². The van der Waals surface area contributed by atoms with E-state index >= 15 is 0 Å². The van der Waals surface area contributed by atoms with Gasteiger partial charge in [-0.2, -0.15) is 0 Å². The van der Waals surface area contributed by atoms with Crippen molar-refractivity contribution >= 4 is 11.3 Å². The Bertz CT molecular complexity index is 309. The summed E-state index contributed by atoms with van der Waals surface area (Å²) >= 11 is 1.78. The van der Waals surface area contributed by atoms with Gasteiger partial charge in [-0.25, -0.2) is 0 Å². The van der Waals surface area contributed by atoms with Crippen LogP contribution in [0.1, 0.15) is 56.5 Å². The molecule has 1 aromatic rings. The molecule has 1 unspecified atom stereocenters. The first-order chi connectivity index (χ1) is 8.13. The van der Waals surface area contributed by atoms with Crippen molar-refractivity contribution in [1.29, 1.82) is 0 Å². The van der Waals surface area contributed by atoms with Crippen LogP contribution in [0.2, 0.25) is 0 Å². The Morgan fingerprint density at radius 3 is 2.65 bits per heavy atom. The quantitative estimate of drug-likeness (QED) is 0.725. The lowest BCUT2D eigenvalue weighted by Gasteiger charge is -2.05. The molecule has 98 valence electrons. The number of nitrogens with one attached hydrogen (secondary N) is 1. The second-order valence-electron chi connectivity index (χ2n) is 5.07. The van der Waals surface area contributed by atoms with Crippen LogP contribution in [0.4, 0.5) is 0 Å². The molecule has 0 aliphatic heterocycles. The Hall–Kier alpha value is -0.480. The van der Waals surface area contributed by atoms with E-state index in [1.54, 1.807) is 11.3 Å². The highest BCUT2D eigenvalue weighted by Gasteiger charge is 2.10. The molecule has 17 heavy (non-hydrogen) atoms. The summed E-state index contributed by atoms with van der Waals surface area (Å²) in [5, 5.41) is 14.4. The molecule has 0 aliphatic rings. The van der Waals surface area contributed by atoms with Crippen LogP contribution in [-0.4, -0.2) is 23.3 Å². The van der Waals surface area contributed by atoms with Gasteiger partial charge in [0.1, 0.15) is 10.0 Å². The standard InChI is InChI=1S/C13H25N3S/c1-5-6-11(4)13-16-15-12(17-13)7-8-14-9-10(2)3/h10-11,14H,5-9H2,1-4H3. The molecule has 0 spiro atoms. The minimum Gasteiger partial charge on any atom is -0.316 e. The lowest BCUT2D eigenvalue weighted by Crippen LogP contribution is -2.22. The van der Waals surface area contributed by atoms with Gasteiger partial charge < -0.3 is 5.32 Å². The molecule has 3 nitrogen and oxygen atoms in total. The van der Waals surface area contributed by atoms with Crippen molar-refractivity contribution in [1.82, 2.24) is 15.5 Å². The highest BCUT2D eigenvalue weighted by Crippen LogP contribution is 2.23. The number of rotatable bonds is 8. The maximum Gasteiger partial charge on any atom is 0.120 e. The molecule has 0 aromatic carbocycles. The normalized spacial score (nSPS) is 13.2. The Labute approximate surface area is 109 Å². The van der Waals surface area contributed by atoms with E-state index in [-0.39, 0.29) is 0 Å². The van der Waals surface area contributed by atoms with E-state index in [9.17, 15) is 0 Å². The van der Waals surface area contributed by atoms with Gasteiger partial charge in [-0.1, -0.05) is 34.1 Å². The second-order valence-corrected chi connectivity index (χ2v) is 6.17. The van der Waals surface area contributed by atoms with Gasteiger partial charge in [0.25, 0.3) is 0 Å². The Balaban J connectivity index is 2.30. The van der Waals surface area contributed by atoms with Crippen LogP contribution in [0.3, 0.4) is 0 Å². The van der Waals surface area contributed by atoms with E-state index in [4.69, 9.17) is 0 Å². The van der Waals surface area contributed by atoms with Crippen LogP contribution in [-0.2, 0) is 6.42 Å². The van der Waals surface area contributed by atoms with Crippen LogP contribution in [0, 0.1) is 5.92 Å². The molecule has 0 radical (unpaired) electrons. The van der Waals surface area contributed by atoms with E-state index < -0.39 is 0 Å². The zero-order valence-corrected chi connectivity index (χ0v) is 12.3. The van der Waals surface area contributed by atoms with Crippen molar-refractivity contribution in [2.24, 2.45) is 5.92 Å². The zero-order valence-electron chi connectivity index (χ0n) is 11.5. The highest BCUT2D eigenvalue weighted by molar-refractivity contribution is 7.11. The summed E-state index contributed by atoms with van der Waals surface area (Å²) in [5.74, 6) is 1.28. The van der Waals surface area contributed by atoms with Crippen molar-refractivity contribution in [3.05, 3.63) is 10.0 Å². The molecule has 0 saturated carbocycles. The number of hydrogen-bond donors (Lipinski definition) is 1. The molecular weight excluding hydrogens is 230 g/mol. The predicted molar refractivity (Wildman–Crippen MR) is 74.6 cm³/mol. The Kier molecular flexibility index (Phi) is 6.66. The molecular formula is C13H25N3S. The van der Waals surface area contributed by atoms with Gasteiger partial charge in [0, 0.05) is 18.9 Å². The van der Waals surface area contributed by atoms with Crippen molar-refractivity contribution in [3.8, 4) is 0 Å². The van der Waals surface area contributed by atoms with Crippen LogP contribution < -0.4 is 5.32 Å². The van der Waals surface area contributed by atoms with Gasteiger partial charge in [0.2, 0.25) is 0 Å². The van der Waals surface area contributed by atoms with Gasteiger partial charge in [0.15, 0.2) is 0 Å². The number of hydrogen-bond acceptors (Lipinski definition) is 4. The topological polar surface area (TPSA) is 37.8 Å².